The lowest BCUT2D eigenvalue weighted by Gasteiger charge is -2.10. The largest absolute Gasteiger partial charge is 0.454 e. The zero-order chi connectivity index (χ0) is 20.5. The van der Waals surface area contributed by atoms with Gasteiger partial charge in [-0.15, -0.1) is 11.3 Å². The van der Waals surface area contributed by atoms with Crippen molar-refractivity contribution in [3.8, 4) is 5.69 Å². The fraction of sp³-hybridized carbons (Fsp3) is 0.136. The number of ether oxygens (including phenoxy) is 1. The number of nitrogens with zero attached hydrogens (tertiary/aromatic N) is 2. The Bertz CT molecular complexity index is 1220. The summed E-state index contributed by atoms with van der Waals surface area (Å²) in [5.41, 5.74) is 5.68. The summed E-state index contributed by atoms with van der Waals surface area (Å²) in [6.45, 7) is 3.32. The highest BCUT2D eigenvalue weighted by atomic mass is 32.1. The van der Waals surface area contributed by atoms with Crippen LogP contribution in [0.1, 0.15) is 32.1 Å². The first-order chi connectivity index (χ1) is 13.9. The van der Waals surface area contributed by atoms with Crippen molar-refractivity contribution in [2.75, 3.05) is 6.61 Å². The van der Waals surface area contributed by atoms with Gasteiger partial charge in [-0.3, -0.25) is 4.79 Å². The molecule has 0 aliphatic rings. The second kappa shape index (κ2) is 7.60. The summed E-state index contributed by atoms with van der Waals surface area (Å²) < 4.78 is 21.2. The number of hydrogen-bond acceptors (Lipinski definition) is 5. The van der Waals surface area contributed by atoms with Crippen LogP contribution in [0.5, 0.6) is 0 Å². The Hall–Kier alpha value is -3.32. The highest BCUT2D eigenvalue weighted by molar-refractivity contribution is 7.16. The quantitative estimate of drug-likeness (QED) is 0.349. The van der Waals surface area contributed by atoms with Gasteiger partial charge >= 0.3 is 5.97 Å². The monoisotopic (exact) mass is 408 g/mol. The van der Waals surface area contributed by atoms with E-state index in [0.29, 0.717) is 16.8 Å². The van der Waals surface area contributed by atoms with Gasteiger partial charge in [-0.05, 0) is 62.4 Å². The van der Waals surface area contributed by atoms with E-state index in [2.05, 4.69) is 4.98 Å². The first kappa shape index (κ1) is 19.0. The molecule has 0 N–H and O–H groups in total. The van der Waals surface area contributed by atoms with Gasteiger partial charge in [0, 0.05) is 22.6 Å². The number of ketones is 1. The van der Waals surface area contributed by atoms with Crippen molar-refractivity contribution in [2.45, 2.75) is 13.8 Å². The Labute approximate surface area is 170 Å². The van der Waals surface area contributed by atoms with Gasteiger partial charge in [-0.1, -0.05) is 0 Å². The molecule has 2 aromatic heterocycles. The summed E-state index contributed by atoms with van der Waals surface area (Å²) in [6.07, 6.45) is 0. The molecule has 0 fully saturated rings. The van der Waals surface area contributed by atoms with Gasteiger partial charge in [-0.2, -0.15) is 0 Å². The van der Waals surface area contributed by atoms with Crippen molar-refractivity contribution in [3.05, 3.63) is 82.4 Å². The maximum atomic E-state index is 13.2. The van der Waals surface area contributed by atoms with Crippen LogP contribution in [0.4, 0.5) is 4.39 Å². The van der Waals surface area contributed by atoms with Crippen LogP contribution in [-0.4, -0.2) is 27.9 Å². The number of Topliss-reactive ketones (excluding diaryl/α,β-unsaturated/α-hetero) is 1. The van der Waals surface area contributed by atoms with Gasteiger partial charge in [0.25, 0.3) is 0 Å². The number of aromatic nitrogens is 2. The van der Waals surface area contributed by atoms with Gasteiger partial charge in [0.05, 0.1) is 21.3 Å². The number of rotatable bonds is 5. The van der Waals surface area contributed by atoms with E-state index in [1.807, 2.05) is 18.4 Å². The number of halogens is 1. The van der Waals surface area contributed by atoms with E-state index in [9.17, 15) is 14.0 Å². The van der Waals surface area contributed by atoms with Crippen molar-refractivity contribution in [2.24, 2.45) is 0 Å². The maximum absolute atomic E-state index is 13.2. The molecule has 0 saturated heterocycles. The minimum absolute atomic E-state index is 0.293. The van der Waals surface area contributed by atoms with Crippen LogP contribution in [0.3, 0.4) is 0 Å². The Kier molecular flexibility index (Phi) is 4.98. The maximum Gasteiger partial charge on any atom is 0.338 e. The van der Waals surface area contributed by atoms with E-state index >= 15 is 0 Å². The van der Waals surface area contributed by atoms with E-state index < -0.39 is 5.97 Å². The van der Waals surface area contributed by atoms with E-state index in [-0.39, 0.29) is 18.2 Å². The molecule has 4 rings (SSSR count). The predicted molar refractivity (Wildman–Crippen MR) is 109 cm³/mol. The molecule has 5 nitrogen and oxygen atoms in total. The molecule has 2 heterocycles. The molecular weight excluding hydrogens is 391 g/mol. The van der Waals surface area contributed by atoms with Crippen molar-refractivity contribution >= 4 is 33.3 Å². The molecule has 0 amide bonds. The minimum Gasteiger partial charge on any atom is -0.454 e. The first-order valence-corrected chi connectivity index (χ1v) is 9.80. The second-order valence-corrected chi connectivity index (χ2v) is 7.52. The van der Waals surface area contributed by atoms with E-state index in [4.69, 9.17) is 4.74 Å². The van der Waals surface area contributed by atoms with E-state index in [1.54, 1.807) is 41.9 Å². The first-order valence-electron chi connectivity index (χ1n) is 8.92. The van der Waals surface area contributed by atoms with Gasteiger partial charge in [0.2, 0.25) is 5.78 Å². The van der Waals surface area contributed by atoms with Gasteiger partial charge < -0.3 is 9.30 Å². The minimum atomic E-state index is -0.555. The van der Waals surface area contributed by atoms with Crippen molar-refractivity contribution < 1.29 is 18.7 Å². The summed E-state index contributed by atoms with van der Waals surface area (Å²) in [7, 11) is 0. The molecule has 0 spiro atoms. The highest BCUT2D eigenvalue weighted by Crippen LogP contribution is 2.22. The van der Waals surface area contributed by atoms with Crippen molar-refractivity contribution in [1.82, 2.24) is 9.55 Å². The highest BCUT2D eigenvalue weighted by Gasteiger charge is 2.19. The average Bonchev–Trinajstić information content (AvgIpc) is 3.30. The number of benzene rings is 2. The fourth-order valence-corrected chi connectivity index (χ4v) is 4.02. The number of fused-ring (bicyclic) bond motifs is 1. The molecule has 0 atom stereocenters. The third-order valence-electron chi connectivity index (χ3n) is 4.72. The molecule has 0 aliphatic carbocycles. The van der Waals surface area contributed by atoms with Crippen molar-refractivity contribution in [1.29, 1.82) is 0 Å². The number of thiazole rings is 1. The summed E-state index contributed by atoms with van der Waals surface area (Å²) in [5.74, 6) is -1.17. The van der Waals surface area contributed by atoms with Crippen LogP contribution in [0.15, 0.2) is 54.0 Å². The normalized spacial score (nSPS) is 11.0. The molecule has 146 valence electrons. The second-order valence-electron chi connectivity index (χ2n) is 6.63. The summed E-state index contributed by atoms with van der Waals surface area (Å²) in [6, 6.07) is 12.9. The van der Waals surface area contributed by atoms with Crippen LogP contribution >= 0.6 is 11.3 Å². The SMILES string of the molecule is Cc1cc(C(=O)COC(=O)c2ccc3ncsc3c2)c(C)n1-c1ccc(F)cc1. The van der Waals surface area contributed by atoms with Crippen molar-refractivity contribution in [3.63, 3.8) is 0 Å². The molecular formula is C22H17FN2O3S. The molecule has 4 aromatic rings. The van der Waals surface area contributed by atoms with Gasteiger partial charge in [-0.25, -0.2) is 14.2 Å². The van der Waals surface area contributed by atoms with Crippen LogP contribution in [0, 0.1) is 19.7 Å². The Morgan fingerprint density at radius 2 is 1.86 bits per heavy atom. The standard InChI is InChI=1S/C22H17FN2O3S/c1-13-9-18(14(2)25(13)17-6-4-16(23)5-7-17)20(26)11-28-22(27)15-3-8-19-21(10-15)29-12-24-19/h3-10,12H,11H2,1-2H3. The third kappa shape index (κ3) is 3.69. The molecule has 0 aliphatic heterocycles. The molecule has 2 aromatic carbocycles. The van der Waals surface area contributed by atoms with E-state index in [1.165, 1.54) is 23.5 Å². The fourth-order valence-electron chi connectivity index (χ4n) is 3.31. The lowest BCUT2D eigenvalue weighted by molar-refractivity contribution is 0.0474. The molecule has 29 heavy (non-hydrogen) atoms. The number of aryl methyl sites for hydroxylation is 1. The molecule has 0 radical (unpaired) electrons. The lowest BCUT2D eigenvalue weighted by atomic mass is 10.1. The topological polar surface area (TPSA) is 61.2 Å². The third-order valence-corrected chi connectivity index (χ3v) is 5.51. The van der Waals surface area contributed by atoms with Crippen LogP contribution in [0.25, 0.3) is 15.9 Å². The van der Waals surface area contributed by atoms with Gasteiger partial charge in [0.1, 0.15) is 5.82 Å². The smallest absolute Gasteiger partial charge is 0.338 e. The number of hydrogen-bond donors (Lipinski definition) is 0. The Morgan fingerprint density at radius 3 is 2.62 bits per heavy atom. The zero-order valence-corrected chi connectivity index (χ0v) is 16.6. The lowest BCUT2D eigenvalue weighted by Crippen LogP contribution is -2.15. The zero-order valence-electron chi connectivity index (χ0n) is 15.8. The molecule has 0 bridgehead atoms. The summed E-state index contributed by atoms with van der Waals surface area (Å²) in [4.78, 5) is 29.2. The summed E-state index contributed by atoms with van der Waals surface area (Å²) >= 11 is 1.43. The van der Waals surface area contributed by atoms with Crippen LogP contribution in [-0.2, 0) is 4.74 Å². The Morgan fingerprint density at radius 1 is 1.10 bits per heavy atom. The Balaban J connectivity index is 1.50. The molecule has 0 unspecified atom stereocenters. The van der Waals surface area contributed by atoms with Crippen LogP contribution in [0.2, 0.25) is 0 Å². The van der Waals surface area contributed by atoms with Gasteiger partial charge in [0.15, 0.2) is 6.61 Å². The van der Waals surface area contributed by atoms with Crippen LogP contribution < -0.4 is 0 Å². The predicted octanol–water partition coefficient (Wildman–Crippen LogP) is 4.88. The number of esters is 1. The summed E-state index contributed by atoms with van der Waals surface area (Å²) in [5, 5.41) is 0. The molecule has 7 heteroatoms. The molecule has 0 saturated carbocycles. The average molecular weight is 408 g/mol. The number of carbonyl (C=O) groups excluding carboxylic acids is 2. The van der Waals surface area contributed by atoms with E-state index in [0.717, 1.165) is 21.6 Å². The number of carbonyl (C=O) groups is 2.